The maximum atomic E-state index is 12.1. The van der Waals surface area contributed by atoms with E-state index in [1.165, 1.54) is 11.8 Å². The molecule has 22 heavy (non-hydrogen) atoms. The van der Waals surface area contributed by atoms with Gasteiger partial charge in [0.1, 0.15) is 0 Å². The van der Waals surface area contributed by atoms with E-state index >= 15 is 0 Å². The van der Waals surface area contributed by atoms with Crippen molar-refractivity contribution in [3.8, 4) is 11.5 Å². The molecule has 0 bridgehead atoms. The van der Waals surface area contributed by atoms with Crippen molar-refractivity contribution < 1.29 is 13.9 Å². The summed E-state index contributed by atoms with van der Waals surface area (Å²) in [5.41, 5.74) is 0.759. The number of morpholine rings is 1. The van der Waals surface area contributed by atoms with Crippen LogP contribution in [0.25, 0.3) is 11.5 Å². The minimum Gasteiger partial charge on any atom is -0.411 e. The number of nitrogens with zero attached hydrogens (tertiary/aromatic N) is 4. The van der Waals surface area contributed by atoms with Gasteiger partial charge in [0, 0.05) is 25.5 Å². The lowest BCUT2D eigenvalue weighted by molar-refractivity contribution is -0.135. The van der Waals surface area contributed by atoms with Crippen molar-refractivity contribution in [2.45, 2.75) is 18.3 Å². The van der Waals surface area contributed by atoms with Gasteiger partial charge in [0.05, 0.1) is 24.0 Å². The number of rotatable bonds is 4. The number of amides is 1. The highest BCUT2D eigenvalue weighted by Crippen LogP contribution is 2.22. The first kappa shape index (κ1) is 15.0. The molecule has 1 atom stereocenters. The van der Waals surface area contributed by atoms with Gasteiger partial charge >= 0.3 is 0 Å². The lowest BCUT2D eigenvalue weighted by Crippen LogP contribution is -2.45. The average Bonchev–Trinajstić information content (AvgIpc) is 3.02. The minimum absolute atomic E-state index is 0.0567. The second-order valence-electron chi connectivity index (χ2n) is 4.92. The highest BCUT2D eigenvalue weighted by molar-refractivity contribution is 7.99. The van der Waals surface area contributed by atoms with Crippen LogP contribution in [-0.2, 0) is 9.53 Å². The van der Waals surface area contributed by atoms with E-state index in [1.807, 2.05) is 13.0 Å². The van der Waals surface area contributed by atoms with E-state index in [0.29, 0.717) is 30.8 Å². The molecule has 0 spiro atoms. The van der Waals surface area contributed by atoms with Gasteiger partial charge in [-0.1, -0.05) is 11.8 Å². The molecule has 8 heteroatoms. The Morgan fingerprint density at radius 2 is 2.41 bits per heavy atom. The highest BCUT2D eigenvalue weighted by atomic mass is 32.2. The predicted octanol–water partition coefficient (Wildman–Crippen LogP) is 1.47. The zero-order valence-electron chi connectivity index (χ0n) is 12.1. The molecule has 0 saturated carbocycles. The Hall–Kier alpha value is -1.93. The summed E-state index contributed by atoms with van der Waals surface area (Å²) in [6, 6.07) is 3.64. The Kier molecular flexibility index (Phi) is 4.69. The maximum Gasteiger partial charge on any atom is 0.277 e. The Morgan fingerprint density at radius 1 is 1.50 bits per heavy atom. The largest absolute Gasteiger partial charge is 0.411 e. The third-order valence-corrected chi connectivity index (χ3v) is 4.03. The molecule has 0 aromatic carbocycles. The Bertz CT molecular complexity index is 634. The van der Waals surface area contributed by atoms with Crippen molar-refractivity contribution >= 4 is 17.7 Å². The monoisotopic (exact) mass is 320 g/mol. The van der Waals surface area contributed by atoms with Gasteiger partial charge in [0.25, 0.3) is 5.22 Å². The molecule has 0 radical (unpaired) electrons. The molecule has 2 aromatic heterocycles. The normalized spacial score (nSPS) is 18.4. The average molecular weight is 320 g/mol. The molecule has 1 fully saturated rings. The van der Waals surface area contributed by atoms with Crippen molar-refractivity contribution in [2.24, 2.45) is 0 Å². The molecule has 2 aromatic rings. The molecule has 0 aliphatic carbocycles. The summed E-state index contributed by atoms with van der Waals surface area (Å²) in [7, 11) is 0. The van der Waals surface area contributed by atoms with Crippen molar-refractivity contribution in [3.63, 3.8) is 0 Å². The van der Waals surface area contributed by atoms with Gasteiger partial charge in [-0.3, -0.25) is 9.78 Å². The molecule has 0 N–H and O–H groups in total. The van der Waals surface area contributed by atoms with Crippen LogP contribution >= 0.6 is 11.8 Å². The molecule has 116 valence electrons. The molecular formula is C14H16N4O3S. The fraction of sp³-hybridized carbons (Fsp3) is 0.429. The number of ether oxygens (including phenoxy) is 1. The molecule has 1 unspecified atom stereocenters. The zero-order valence-corrected chi connectivity index (χ0v) is 13.0. The van der Waals surface area contributed by atoms with E-state index in [4.69, 9.17) is 9.15 Å². The quantitative estimate of drug-likeness (QED) is 0.789. The van der Waals surface area contributed by atoms with Crippen LogP contribution < -0.4 is 0 Å². The van der Waals surface area contributed by atoms with Crippen molar-refractivity contribution in [1.29, 1.82) is 0 Å². The number of carbonyl (C=O) groups is 1. The second-order valence-corrected chi connectivity index (χ2v) is 5.85. The summed E-state index contributed by atoms with van der Waals surface area (Å²) >= 11 is 1.25. The number of pyridine rings is 1. The van der Waals surface area contributed by atoms with Gasteiger partial charge in [-0.05, 0) is 19.1 Å². The van der Waals surface area contributed by atoms with Crippen LogP contribution in [0.2, 0.25) is 0 Å². The molecule has 3 heterocycles. The van der Waals surface area contributed by atoms with Crippen LogP contribution in [0.3, 0.4) is 0 Å². The fourth-order valence-electron chi connectivity index (χ4n) is 2.13. The molecule has 7 nitrogen and oxygen atoms in total. The lowest BCUT2D eigenvalue weighted by atomic mass is 10.3. The first-order valence-corrected chi connectivity index (χ1v) is 7.97. The Morgan fingerprint density at radius 3 is 3.18 bits per heavy atom. The van der Waals surface area contributed by atoms with Crippen molar-refractivity contribution in [2.75, 3.05) is 25.4 Å². The van der Waals surface area contributed by atoms with Crippen LogP contribution in [0.15, 0.2) is 34.2 Å². The van der Waals surface area contributed by atoms with Crippen molar-refractivity contribution in [3.05, 3.63) is 24.5 Å². The molecule has 1 aliphatic heterocycles. The lowest BCUT2D eigenvalue weighted by Gasteiger charge is -2.30. The van der Waals surface area contributed by atoms with Gasteiger partial charge in [0.2, 0.25) is 11.8 Å². The summed E-state index contributed by atoms with van der Waals surface area (Å²) in [4.78, 5) is 18.0. The first-order valence-electron chi connectivity index (χ1n) is 6.98. The van der Waals surface area contributed by atoms with Crippen LogP contribution in [0.1, 0.15) is 6.92 Å². The van der Waals surface area contributed by atoms with E-state index in [2.05, 4.69) is 15.2 Å². The third-order valence-electron chi connectivity index (χ3n) is 3.23. The van der Waals surface area contributed by atoms with Crippen LogP contribution in [-0.4, -0.2) is 57.5 Å². The maximum absolute atomic E-state index is 12.1. The third kappa shape index (κ3) is 3.63. The van der Waals surface area contributed by atoms with Crippen LogP contribution in [0, 0.1) is 0 Å². The van der Waals surface area contributed by atoms with Crippen LogP contribution in [0.5, 0.6) is 0 Å². The topological polar surface area (TPSA) is 81.4 Å². The van der Waals surface area contributed by atoms with Gasteiger partial charge in [-0.15, -0.1) is 10.2 Å². The predicted molar refractivity (Wildman–Crippen MR) is 80.2 cm³/mol. The number of hydrogen-bond donors (Lipinski definition) is 0. The summed E-state index contributed by atoms with van der Waals surface area (Å²) in [6.07, 6.45) is 3.42. The van der Waals surface area contributed by atoms with E-state index in [-0.39, 0.29) is 17.8 Å². The van der Waals surface area contributed by atoms with E-state index in [1.54, 1.807) is 23.4 Å². The zero-order chi connectivity index (χ0) is 15.4. The summed E-state index contributed by atoms with van der Waals surface area (Å²) in [5, 5.41) is 8.30. The number of hydrogen-bond acceptors (Lipinski definition) is 7. The van der Waals surface area contributed by atoms with Gasteiger partial charge in [-0.2, -0.15) is 0 Å². The van der Waals surface area contributed by atoms with Gasteiger partial charge in [-0.25, -0.2) is 0 Å². The highest BCUT2D eigenvalue weighted by Gasteiger charge is 2.22. The Balaban J connectivity index is 1.56. The minimum atomic E-state index is 0.0567. The summed E-state index contributed by atoms with van der Waals surface area (Å²) in [5.74, 6) is 0.741. The number of aromatic nitrogens is 3. The number of thioether (sulfide) groups is 1. The summed E-state index contributed by atoms with van der Waals surface area (Å²) in [6.45, 7) is 3.81. The van der Waals surface area contributed by atoms with E-state index in [9.17, 15) is 4.79 Å². The molecule has 1 saturated heterocycles. The summed E-state index contributed by atoms with van der Waals surface area (Å²) < 4.78 is 11.0. The molecule has 1 aliphatic rings. The van der Waals surface area contributed by atoms with E-state index in [0.717, 1.165) is 5.56 Å². The van der Waals surface area contributed by atoms with Gasteiger partial charge < -0.3 is 14.1 Å². The smallest absolute Gasteiger partial charge is 0.277 e. The van der Waals surface area contributed by atoms with Crippen molar-refractivity contribution in [1.82, 2.24) is 20.1 Å². The standard InChI is InChI=1S/C14H16N4O3S/c1-10-8-18(5-6-20-10)12(19)9-22-14-17-16-13(21-14)11-3-2-4-15-7-11/h2-4,7,10H,5-6,8-9H2,1H3. The fourth-order valence-corrected chi connectivity index (χ4v) is 2.80. The number of carbonyl (C=O) groups excluding carboxylic acids is 1. The SMILES string of the molecule is CC1CN(C(=O)CSc2nnc(-c3cccnc3)o2)CCO1. The first-order chi connectivity index (χ1) is 10.7. The molecule has 1 amide bonds. The molecular weight excluding hydrogens is 304 g/mol. The molecule has 3 rings (SSSR count). The van der Waals surface area contributed by atoms with Gasteiger partial charge in [0.15, 0.2) is 0 Å². The Labute approximate surface area is 132 Å². The van der Waals surface area contributed by atoms with E-state index < -0.39 is 0 Å². The van der Waals surface area contributed by atoms with Crippen LogP contribution in [0.4, 0.5) is 0 Å². The second kappa shape index (κ2) is 6.89.